The zero-order valence-corrected chi connectivity index (χ0v) is 9.51. The predicted molar refractivity (Wildman–Crippen MR) is 61.0 cm³/mol. The molecule has 0 radical (unpaired) electrons. The average molecular weight is 181 g/mol. The summed E-state index contributed by atoms with van der Waals surface area (Å²) < 4.78 is 0. The zero-order chi connectivity index (χ0) is 10.1. The first kappa shape index (κ1) is 12.4. The van der Waals surface area contributed by atoms with Crippen molar-refractivity contribution in [3.8, 4) is 0 Å². The summed E-state index contributed by atoms with van der Waals surface area (Å²) in [5, 5.41) is 0. The van der Waals surface area contributed by atoms with E-state index in [0.717, 1.165) is 6.54 Å². The maximum Gasteiger partial charge on any atom is 0.00126 e. The topological polar surface area (TPSA) is 3.24 Å². The van der Waals surface area contributed by atoms with E-state index in [1.807, 2.05) is 0 Å². The normalized spacial score (nSPS) is 13.2. The maximum atomic E-state index is 2.26. The second-order valence-electron chi connectivity index (χ2n) is 3.65. The van der Waals surface area contributed by atoms with E-state index in [0.29, 0.717) is 0 Å². The summed E-state index contributed by atoms with van der Waals surface area (Å²) in [5.74, 6) is 0. The fraction of sp³-hybridized carbons (Fsp3) is 0.667. The van der Waals surface area contributed by atoms with Gasteiger partial charge in [0.1, 0.15) is 0 Å². The van der Waals surface area contributed by atoms with Crippen LogP contribution in [0.4, 0.5) is 0 Å². The van der Waals surface area contributed by atoms with Gasteiger partial charge in [-0.3, -0.25) is 0 Å². The zero-order valence-electron chi connectivity index (χ0n) is 9.51. The van der Waals surface area contributed by atoms with E-state index in [9.17, 15) is 0 Å². The molecule has 0 heterocycles. The Kier molecular flexibility index (Phi) is 7.71. The number of rotatable bonds is 6. The van der Waals surface area contributed by atoms with E-state index in [1.54, 1.807) is 5.57 Å². The van der Waals surface area contributed by atoms with Crippen LogP contribution < -0.4 is 0 Å². The van der Waals surface area contributed by atoms with Gasteiger partial charge in [0.25, 0.3) is 0 Å². The molecule has 1 heteroatoms. The second kappa shape index (κ2) is 8.06. The van der Waals surface area contributed by atoms with Crippen molar-refractivity contribution in [2.75, 3.05) is 20.6 Å². The lowest BCUT2D eigenvalue weighted by molar-refractivity contribution is 0.410. The third kappa shape index (κ3) is 7.79. The highest BCUT2D eigenvalue weighted by Crippen LogP contribution is 2.10. The molecular formula is C12H23N. The molecule has 0 N–H and O–H groups in total. The molecule has 0 aliphatic rings. The summed E-state index contributed by atoms with van der Waals surface area (Å²) >= 11 is 0. The van der Waals surface area contributed by atoms with E-state index in [-0.39, 0.29) is 0 Å². The minimum Gasteiger partial charge on any atom is -0.309 e. The molecule has 0 bridgehead atoms. The summed E-state index contributed by atoms with van der Waals surface area (Å²) in [5.41, 5.74) is 1.56. The van der Waals surface area contributed by atoms with E-state index in [2.05, 4.69) is 51.1 Å². The second-order valence-corrected chi connectivity index (χ2v) is 3.65. The molecule has 0 rings (SSSR count). The summed E-state index contributed by atoms with van der Waals surface area (Å²) in [6, 6.07) is 0. The summed E-state index contributed by atoms with van der Waals surface area (Å²) in [6.07, 6.45) is 10.2. The van der Waals surface area contributed by atoms with Gasteiger partial charge in [0.2, 0.25) is 0 Å². The lowest BCUT2D eigenvalue weighted by atomic mass is 10.1. The molecule has 0 saturated carbocycles. The van der Waals surface area contributed by atoms with Crippen LogP contribution in [0.5, 0.6) is 0 Å². The average Bonchev–Trinajstić information content (AvgIpc) is 2.09. The molecule has 76 valence electrons. The van der Waals surface area contributed by atoms with Crippen LogP contribution in [0.1, 0.15) is 33.1 Å². The monoisotopic (exact) mass is 181 g/mol. The molecule has 0 saturated heterocycles. The fourth-order valence-corrected chi connectivity index (χ4v) is 1.21. The third-order valence-corrected chi connectivity index (χ3v) is 1.98. The molecule has 0 spiro atoms. The standard InChI is InChI=1S/C12H23N/c1-5-7-9-12(8-6-2)10-11-13(3)4/h5,7,9H,6,8,10-11H2,1-4H3/b7-5-,12-9+. The van der Waals surface area contributed by atoms with Gasteiger partial charge >= 0.3 is 0 Å². The number of hydrogen-bond donors (Lipinski definition) is 0. The fourth-order valence-electron chi connectivity index (χ4n) is 1.21. The van der Waals surface area contributed by atoms with Crippen molar-refractivity contribution in [1.82, 2.24) is 4.90 Å². The minimum absolute atomic E-state index is 1.16. The van der Waals surface area contributed by atoms with Crippen molar-refractivity contribution in [1.29, 1.82) is 0 Å². The van der Waals surface area contributed by atoms with E-state index in [4.69, 9.17) is 0 Å². The maximum absolute atomic E-state index is 2.26. The number of nitrogens with zero attached hydrogens (tertiary/aromatic N) is 1. The van der Waals surface area contributed by atoms with Crippen LogP contribution in [0.2, 0.25) is 0 Å². The lowest BCUT2D eigenvalue weighted by Gasteiger charge is -2.11. The van der Waals surface area contributed by atoms with Crippen molar-refractivity contribution in [2.24, 2.45) is 0 Å². The van der Waals surface area contributed by atoms with E-state index >= 15 is 0 Å². The van der Waals surface area contributed by atoms with Crippen molar-refractivity contribution in [3.63, 3.8) is 0 Å². The molecule has 0 atom stereocenters. The van der Waals surface area contributed by atoms with Crippen LogP contribution in [-0.2, 0) is 0 Å². The van der Waals surface area contributed by atoms with Crippen LogP contribution in [-0.4, -0.2) is 25.5 Å². The van der Waals surface area contributed by atoms with Gasteiger partial charge in [0.15, 0.2) is 0 Å². The van der Waals surface area contributed by atoms with Gasteiger partial charge in [0.05, 0.1) is 0 Å². The van der Waals surface area contributed by atoms with Gasteiger partial charge in [-0.15, -0.1) is 0 Å². The molecule has 0 fully saturated rings. The molecule has 0 unspecified atom stereocenters. The van der Waals surface area contributed by atoms with Crippen molar-refractivity contribution in [2.45, 2.75) is 33.1 Å². The Bertz CT molecular complexity index is 166. The third-order valence-electron chi connectivity index (χ3n) is 1.98. The number of hydrogen-bond acceptors (Lipinski definition) is 1. The quantitative estimate of drug-likeness (QED) is 0.569. The predicted octanol–water partition coefficient (Wildman–Crippen LogP) is 3.24. The Labute approximate surface area is 83.1 Å². The Morgan fingerprint density at radius 1 is 1.23 bits per heavy atom. The van der Waals surface area contributed by atoms with Gasteiger partial charge in [0, 0.05) is 6.54 Å². The minimum atomic E-state index is 1.16. The largest absolute Gasteiger partial charge is 0.309 e. The Morgan fingerprint density at radius 2 is 1.92 bits per heavy atom. The van der Waals surface area contributed by atoms with Gasteiger partial charge in [-0.05, 0) is 33.9 Å². The number of allylic oxidation sites excluding steroid dienone is 3. The van der Waals surface area contributed by atoms with Gasteiger partial charge in [-0.2, -0.15) is 0 Å². The molecular weight excluding hydrogens is 158 g/mol. The highest BCUT2D eigenvalue weighted by atomic mass is 15.0. The first-order valence-corrected chi connectivity index (χ1v) is 5.16. The molecule has 0 aliphatic heterocycles. The Hall–Kier alpha value is -0.560. The first-order valence-electron chi connectivity index (χ1n) is 5.16. The first-order chi connectivity index (χ1) is 6.20. The van der Waals surface area contributed by atoms with Crippen molar-refractivity contribution in [3.05, 3.63) is 23.8 Å². The van der Waals surface area contributed by atoms with E-state index in [1.165, 1.54) is 19.3 Å². The SMILES string of the molecule is C/C=C\C=C(/CCC)CCN(C)C. The van der Waals surface area contributed by atoms with Gasteiger partial charge in [-0.25, -0.2) is 0 Å². The molecule has 0 amide bonds. The summed E-state index contributed by atoms with van der Waals surface area (Å²) in [4.78, 5) is 2.24. The Balaban J connectivity index is 3.93. The lowest BCUT2D eigenvalue weighted by Crippen LogP contribution is -2.13. The van der Waals surface area contributed by atoms with Gasteiger partial charge in [-0.1, -0.05) is 37.1 Å². The van der Waals surface area contributed by atoms with Crippen molar-refractivity contribution >= 4 is 0 Å². The highest BCUT2D eigenvalue weighted by molar-refractivity contribution is 5.12. The van der Waals surface area contributed by atoms with Crippen LogP contribution >= 0.6 is 0 Å². The molecule has 13 heavy (non-hydrogen) atoms. The van der Waals surface area contributed by atoms with E-state index < -0.39 is 0 Å². The smallest absolute Gasteiger partial charge is 0.00126 e. The van der Waals surface area contributed by atoms with Gasteiger partial charge < -0.3 is 4.90 Å². The molecule has 0 aromatic rings. The summed E-state index contributed by atoms with van der Waals surface area (Å²) in [7, 11) is 4.25. The summed E-state index contributed by atoms with van der Waals surface area (Å²) in [6.45, 7) is 5.45. The Morgan fingerprint density at radius 3 is 2.38 bits per heavy atom. The highest BCUT2D eigenvalue weighted by Gasteiger charge is 1.96. The molecule has 0 aliphatic carbocycles. The van der Waals surface area contributed by atoms with Crippen LogP contribution in [0.3, 0.4) is 0 Å². The molecule has 1 nitrogen and oxygen atoms in total. The van der Waals surface area contributed by atoms with Crippen LogP contribution in [0.25, 0.3) is 0 Å². The van der Waals surface area contributed by atoms with Crippen molar-refractivity contribution < 1.29 is 0 Å². The van der Waals surface area contributed by atoms with Crippen LogP contribution in [0, 0.1) is 0 Å². The van der Waals surface area contributed by atoms with Crippen LogP contribution in [0.15, 0.2) is 23.8 Å². The molecule has 0 aromatic heterocycles. The molecule has 0 aromatic carbocycles.